The van der Waals surface area contributed by atoms with E-state index in [1.165, 1.54) is 18.4 Å². The van der Waals surface area contributed by atoms with Crippen molar-refractivity contribution in [2.24, 2.45) is 10.4 Å². The van der Waals surface area contributed by atoms with Gasteiger partial charge in [-0.15, -0.1) is 24.0 Å². The molecule has 0 amide bonds. The SMILES string of the molecule is COCCC1(CNC(=NCc2ccc(Br)cc2)NCCc2ccco2)CC1.I. The molecular formula is C21H29BrIN3O2. The highest BCUT2D eigenvalue weighted by atomic mass is 127. The number of rotatable bonds is 10. The maximum absolute atomic E-state index is 5.41. The Bertz CT molecular complexity index is 716. The number of halogens is 2. The molecular weight excluding hydrogens is 533 g/mol. The predicted octanol–water partition coefficient (Wildman–Crippen LogP) is 4.75. The molecule has 0 bridgehead atoms. The van der Waals surface area contributed by atoms with Crippen molar-refractivity contribution in [1.29, 1.82) is 0 Å². The van der Waals surface area contributed by atoms with Crippen LogP contribution in [0.3, 0.4) is 0 Å². The van der Waals surface area contributed by atoms with Crippen LogP contribution in [0.5, 0.6) is 0 Å². The van der Waals surface area contributed by atoms with E-state index in [1.807, 2.05) is 24.3 Å². The molecule has 0 atom stereocenters. The standard InChI is InChI=1S/C21H28BrN3O2.HI/c1-26-14-11-21(9-10-21)16-25-20(23-12-8-19-3-2-13-27-19)24-15-17-4-6-18(22)7-5-17;/h2-7,13H,8-12,14-16H2,1H3,(H2,23,24,25);1H. The number of hydrogen-bond donors (Lipinski definition) is 2. The fourth-order valence-corrected chi connectivity index (χ4v) is 3.24. The number of methoxy groups -OCH3 is 1. The van der Waals surface area contributed by atoms with E-state index in [4.69, 9.17) is 14.1 Å². The van der Waals surface area contributed by atoms with Gasteiger partial charge in [0.1, 0.15) is 5.76 Å². The van der Waals surface area contributed by atoms with E-state index in [-0.39, 0.29) is 24.0 Å². The summed E-state index contributed by atoms with van der Waals surface area (Å²) in [5, 5.41) is 6.97. The van der Waals surface area contributed by atoms with Crippen molar-refractivity contribution in [2.45, 2.75) is 32.2 Å². The van der Waals surface area contributed by atoms with Crippen molar-refractivity contribution in [3.63, 3.8) is 0 Å². The van der Waals surface area contributed by atoms with Gasteiger partial charge in [-0.2, -0.15) is 0 Å². The average Bonchev–Trinajstić information content (AvgIpc) is 3.26. The Balaban J connectivity index is 0.00000280. The number of guanidine groups is 1. The van der Waals surface area contributed by atoms with Crippen LogP contribution in [-0.4, -0.2) is 32.8 Å². The molecule has 0 aliphatic heterocycles. The Morgan fingerprint density at radius 2 is 2.00 bits per heavy atom. The van der Waals surface area contributed by atoms with E-state index in [1.54, 1.807) is 13.4 Å². The van der Waals surface area contributed by atoms with Crippen LogP contribution in [-0.2, 0) is 17.7 Å². The third-order valence-corrected chi connectivity index (χ3v) is 5.53. The number of nitrogens with one attached hydrogen (secondary N) is 2. The summed E-state index contributed by atoms with van der Waals surface area (Å²) in [6.45, 7) is 3.18. The highest BCUT2D eigenvalue weighted by Gasteiger charge is 2.41. The highest BCUT2D eigenvalue weighted by Crippen LogP contribution is 2.48. The first-order valence-corrected chi connectivity index (χ1v) is 10.3. The Morgan fingerprint density at radius 1 is 1.21 bits per heavy atom. The lowest BCUT2D eigenvalue weighted by Crippen LogP contribution is -2.41. The van der Waals surface area contributed by atoms with Crippen LogP contribution in [0.1, 0.15) is 30.6 Å². The van der Waals surface area contributed by atoms with Crippen LogP contribution in [0, 0.1) is 5.41 Å². The highest BCUT2D eigenvalue weighted by molar-refractivity contribution is 14.0. The minimum Gasteiger partial charge on any atom is -0.469 e. The molecule has 0 spiro atoms. The van der Waals surface area contributed by atoms with Gasteiger partial charge in [0.25, 0.3) is 0 Å². The van der Waals surface area contributed by atoms with Crippen molar-refractivity contribution in [1.82, 2.24) is 10.6 Å². The fraction of sp³-hybridized carbons (Fsp3) is 0.476. The normalized spacial score (nSPS) is 15.0. The molecule has 1 aromatic carbocycles. The van der Waals surface area contributed by atoms with Crippen molar-refractivity contribution in [2.75, 3.05) is 26.8 Å². The summed E-state index contributed by atoms with van der Waals surface area (Å²) in [6, 6.07) is 12.2. The van der Waals surface area contributed by atoms with Crippen molar-refractivity contribution >= 4 is 45.9 Å². The molecule has 0 unspecified atom stereocenters. The van der Waals surface area contributed by atoms with E-state index in [0.29, 0.717) is 12.0 Å². The van der Waals surface area contributed by atoms with Crippen LogP contribution in [0.25, 0.3) is 0 Å². The molecule has 1 aliphatic carbocycles. The summed E-state index contributed by atoms with van der Waals surface area (Å²) in [5.74, 6) is 1.83. The van der Waals surface area contributed by atoms with Gasteiger partial charge >= 0.3 is 0 Å². The van der Waals surface area contributed by atoms with E-state index in [2.05, 4.69) is 38.7 Å². The molecule has 1 aromatic heterocycles. The van der Waals surface area contributed by atoms with Crippen molar-refractivity contribution in [3.05, 3.63) is 58.5 Å². The Hall–Kier alpha value is -1.06. The molecule has 1 saturated carbocycles. The van der Waals surface area contributed by atoms with Gasteiger partial charge in [0, 0.05) is 37.7 Å². The molecule has 154 valence electrons. The van der Waals surface area contributed by atoms with Gasteiger partial charge < -0.3 is 19.8 Å². The number of furan rings is 1. The summed E-state index contributed by atoms with van der Waals surface area (Å²) >= 11 is 3.47. The second-order valence-electron chi connectivity index (χ2n) is 7.14. The maximum Gasteiger partial charge on any atom is 0.191 e. The van der Waals surface area contributed by atoms with E-state index in [9.17, 15) is 0 Å². The zero-order valence-electron chi connectivity index (χ0n) is 16.2. The predicted molar refractivity (Wildman–Crippen MR) is 127 cm³/mol. The number of ether oxygens (including phenoxy) is 1. The van der Waals surface area contributed by atoms with Gasteiger partial charge in [-0.3, -0.25) is 0 Å². The van der Waals surface area contributed by atoms with Crippen LogP contribution in [0.4, 0.5) is 0 Å². The number of hydrogen-bond acceptors (Lipinski definition) is 3. The van der Waals surface area contributed by atoms with E-state index in [0.717, 1.165) is 48.7 Å². The number of benzene rings is 1. The van der Waals surface area contributed by atoms with Gasteiger partial charge in [0.05, 0.1) is 12.8 Å². The summed E-state index contributed by atoms with van der Waals surface area (Å²) in [7, 11) is 1.77. The average molecular weight is 562 g/mol. The van der Waals surface area contributed by atoms with Gasteiger partial charge in [-0.05, 0) is 54.5 Å². The lowest BCUT2D eigenvalue weighted by Gasteiger charge is -2.18. The number of aliphatic imine (C=N–C) groups is 1. The van der Waals surface area contributed by atoms with Crippen LogP contribution in [0.2, 0.25) is 0 Å². The minimum absolute atomic E-state index is 0. The van der Waals surface area contributed by atoms with Gasteiger partial charge in [0.2, 0.25) is 0 Å². The summed E-state index contributed by atoms with van der Waals surface area (Å²) in [6.07, 6.45) is 6.16. The maximum atomic E-state index is 5.41. The third-order valence-electron chi connectivity index (χ3n) is 5.00. The molecule has 28 heavy (non-hydrogen) atoms. The smallest absolute Gasteiger partial charge is 0.191 e. The molecule has 2 aromatic rings. The molecule has 2 N–H and O–H groups in total. The summed E-state index contributed by atoms with van der Waals surface area (Å²) < 4.78 is 11.7. The summed E-state index contributed by atoms with van der Waals surface area (Å²) in [5.41, 5.74) is 1.56. The summed E-state index contributed by atoms with van der Waals surface area (Å²) in [4.78, 5) is 4.77. The number of nitrogens with zero attached hydrogens (tertiary/aromatic N) is 1. The Kier molecular flexibility index (Phi) is 9.81. The first-order chi connectivity index (χ1) is 13.2. The topological polar surface area (TPSA) is 58.8 Å². The van der Waals surface area contributed by atoms with Crippen molar-refractivity contribution < 1.29 is 9.15 Å². The van der Waals surface area contributed by atoms with Crippen LogP contribution >= 0.6 is 39.9 Å². The molecule has 5 nitrogen and oxygen atoms in total. The quantitative estimate of drug-likeness (QED) is 0.249. The lowest BCUT2D eigenvalue weighted by atomic mass is 10.0. The van der Waals surface area contributed by atoms with Gasteiger partial charge in [0.15, 0.2) is 5.96 Å². The molecule has 7 heteroatoms. The third kappa shape index (κ3) is 7.75. The van der Waals surface area contributed by atoms with Gasteiger partial charge in [-0.25, -0.2) is 4.99 Å². The van der Waals surface area contributed by atoms with Crippen molar-refractivity contribution in [3.8, 4) is 0 Å². The minimum atomic E-state index is 0. The first-order valence-electron chi connectivity index (χ1n) is 9.47. The molecule has 0 radical (unpaired) electrons. The molecule has 1 fully saturated rings. The van der Waals surface area contributed by atoms with E-state index >= 15 is 0 Å². The molecule has 1 aliphatic rings. The lowest BCUT2D eigenvalue weighted by molar-refractivity contribution is 0.172. The second-order valence-corrected chi connectivity index (χ2v) is 8.06. The van der Waals surface area contributed by atoms with Crippen LogP contribution < -0.4 is 10.6 Å². The zero-order chi connectivity index (χ0) is 19.0. The van der Waals surface area contributed by atoms with E-state index < -0.39 is 0 Å². The zero-order valence-corrected chi connectivity index (χ0v) is 20.2. The first kappa shape index (κ1) is 23.2. The van der Waals surface area contributed by atoms with Gasteiger partial charge in [-0.1, -0.05) is 28.1 Å². The monoisotopic (exact) mass is 561 g/mol. The molecule has 0 saturated heterocycles. The fourth-order valence-electron chi connectivity index (χ4n) is 2.98. The Labute approximate surface area is 192 Å². The molecule has 1 heterocycles. The Morgan fingerprint density at radius 3 is 2.64 bits per heavy atom. The largest absolute Gasteiger partial charge is 0.469 e. The van der Waals surface area contributed by atoms with Crippen LogP contribution in [0.15, 0.2) is 56.5 Å². The molecule has 3 rings (SSSR count). The second kappa shape index (κ2) is 11.8.